The Hall–Kier alpha value is -2.58. The van der Waals surface area contributed by atoms with Gasteiger partial charge in [-0.1, -0.05) is 6.92 Å². The minimum Gasteiger partial charge on any atom is -0.330 e. The van der Waals surface area contributed by atoms with Gasteiger partial charge in [-0.25, -0.2) is 15.0 Å². The predicted molar refractivity (Wildman–Crippen MR) is 104 cm³/mol. The fourth-order valence-corrected chi connectivity index (χ4v) is 3.23. The van der Waals surface area contributed by atoms with E-state index in [0.29, 0.717) is 25.9 Å². The molecule has 3 heterocycles. The fourth-order valence-electron chi connectivity index (χ4n) is 3.23. The van der Waals surface area contributed by atoms with E-state index in [2.05, 4.69) is 21.5 Å². The molecule has 0 radical (unpaired) electrons. The summed E-state index contributed by atoms with van der Waals surface area (Å²) in [4.78, 5) is 30.8. The van der Waals surface area contributed by atoms with Crippen LogP contribution in [0.5, 0.6) is 0 Å². The number of fused-ring (bicyclic) bond motifs is 3. The molecule has 0 aliphatic heterocycles. The highest BCUT2D eigenvalue weighted by Gasteiger charge is 2.19. The molecule has 1 atom stereocenters. The number of aromatic nitrogens is 4. The molecule has 0 saturated carbocycles. The van der Waals surface area contributed by atoms with Gasteiger partial charge in [-0.3, -0.25) is 14.6 Å². The van der Waals surface area contributed by atoms with Crippen LogP contribution >= 0.6 is 0 Å². The van der Waals surface area contributed by atoms with E-state index in [9.17, 15) is 4.79 Å². The number of nitrogens with zero attached hydrogens (tertiary/aromatic N) is 5. The van der Waals surface area contributed by atoms with Gasteiger partial charge in [0.1, 0.15) is 11.0 Å². The van der Waals surface area contributed by atoms with Gasteiger partial charge in [0.15, 0.2) is 0 Å². The van der Waals surface area contributed by atoms with Crippen LogP contribution in [0.4, 0.5) is 0 Å². The van der Waals surface area contributed by atoms with Crippen LogP contribution in [-0.4, -0.2) is 51.2 Å². The second-order valence-electron chi connectivity index (χ2n) is 6.66. The second kappa shape index (κ2) is 8.41. The van der Waals surface area contributed by atoms with Crippen LogP contribution in [0.15, 0.2) is 24.7 Å². The van der Waals surface area contributed by atoms with Crippen LogP contribution in [-0.2, 0) is 16.2 Å². The molecule has 0 aromatic carbocycles. The summed E-state index contributed by atoms with van der Waals surface area (Å²) in [6.45, 7) is 3.39. The average Bonchev–Trinajstić information content (AvgIpc) is 3.11. The van der Waals surface area contributed by atoms with E-state index in [-0.39, 0.29) is 11.8 Å². The monoisotopic (exact) mass is 370 g/mol. The second-order valence-corrected chi connectivity index (χ2v) is 6.66. The lowest BCUT2D eigenvalue weighted by atomic mass is 10.0. The zero-order chi connectivity index (χ0) is 19.4. The minimum atomic E-state index is -0.0520. The Morgan fingerprint density at radius 2 is 2.19 bits per heavy atom. The lowest BCUT2D eigenvalue weighted by Crippen LogP contribution is -2.25. The van der Waals surface area contributed by atoms with E-state index in [0.717, 1.165) is 34.2 Å². The number of rotatable bonds is 8. The number of imidazole rings is 1. The number of carbonyl (C=O) groups excluding carboxylic acids is 1. The van der Waals surface area contributed by atoms with Gasteiger partial charge in [-0.15, -0.1) is 0 Å². The Balaban J connectivity index is 1.96. The first-order valence-electron chi connectivity index (χ1n) is 9.17. The van der Waals surface area contributed by atoms with E-state index in [1.807, 2.05) is 18.5 Å². The molecule has 8 heteroatoms. The quantitative estimate of drug-likeness (QED) is 0.611. The third kappa shape index (κ3) is 3.91. The Bertz CT molecular complexity index is 938. The van der Waals surface area contributed by atoms with Crippen molar-refractivity contribution in [3.8, 4) is 0 Å². The molecule has 3 aromatic rings. The zero-order valence-corrected chi connectivity index (χ0v) is 16.1. The summed E-state index contributed by atoms with van der Waals surface area (Å²) in [6, 6.07) is 3.85. The Morgan fingerprint density at radius 3 is 2.93 bits per heavy atom. The van der Waals surface area contributed by atoms with Crippen molar-refractivity contribution in [2.45, 2.75) is 38.6 Å². The van der Waals surface area contributed by atoms with E-state index < -0.39 is 0 Å². The van der Waals surface area contributed by atoms with Crippen LogP contribution in [0.2, 0.25) is 0 Å². The molecular formula is C19H26N6O2. The number of hydrogen-bond acceptors (Lipinski definition) is 6. The largest absolute Gasteiger partial charge is 0.330 e. The summed E-state index contributed by atoms with van der Waals surface area (Å²) in [7, 11) is 3.10. The van der Waals surface area contributed by atoms with Gasteiger partial charge in [-0.05, 0) is 31.5 Å². The first kappa shape index (κ1) is 19.2. The standard InChI is InChI=1S/C19H26N6O2/c1-13(8-9-20)16-18-19(17-14(23-16)6-4-10-21-17)25(12-22-18)11-5-7-15(26)24(2)27-3/h4,6,10,12-13H,5,7-9,11,20H2,1-3H3. The molecule has 8 nitrogen and oxygen atoms in total. The maximum atomic E-state index is 11.9. The molecule has 27 heavy (non-hydrogen) atoms. The summed E-state index contributed by atoms with van der Waals surface area (Å²) in [5.41, 5.74) is 10.2. The maximum Gasteiger partial charge on any atom is 0.245 e. The van der Waals surface area contributed by atoms with Crippen molar-refractivity contribution in [1.82, 2.24) is 24.6 Å². The Morgan fingerprint density at radius 1 is 1.37 bits per heavy atom. The SMILES string of the molecule is CON(C)C(=O)CCCn1cnc2c(C(C)CCN)nc3cccnc3c21. The number of hydroxylamine groups is 2. The van der Waals surface area contributed by atoms with Crippen molar-refractivity contribution in [2.75, 3.05) is 20.7 Å². The highest BCUT2D eigenvalue weighted by atomic mass is 16.7. The van der Waals surface area contributed by atoms with Crippen molar-refractivity contribution < 1.29 is 9.63 Å². The van der Waals surface area contributed by atoms with Crippen molar-refractivity contribution in [1.29, 1.82) is 0 Å². The molecule has 0 aliphatic carbocycles. The van der Waals surface area contributed by atoms with Crippen LogP contribution < -0.4 is 5.73 Å². The Labute approximate surface area is 158 Å². The van der Waals surface area contributed by atoms with Crippen molar-refractivity contribution in [3.63, 3.8) is 0 Å². The van der Waals surface area contributed by atoms with Gasteiger partial charge in [-0.2, -0.15) is 0 Å². The molecular weight excluding hydrogens is 344 g/mol. The smallest absolute Gasteiger partial charge is 0.245 e. The molecule has 144 valence electrons. The Kier molecular flexibility index (Phi) is 5.98. The first-order chi connectivity index (χ1) is 13.1. The third-order valence-corrected chi connectivity index (χ3v) is 4.81. The molecule has 3 rings (SSSR count). The van der Waals surface area contributed by atoms with Gasteiger partial charge >= 0.3 is 0 Å². The van der Waals surface area contributed by atoms with Crippen molar-refractivity contribution in [2.24, 2.45) is 5.73 Å². The molecule has 0 fully saturated rings. The number of pyridine rings is 2. The van der Waals surface area contributed by atoms with E-state index in [1.165, 1.54) is 12.2 Å². The summed E-state index contributed by atoms with van der Waals surface area (Å²) in [5, 5.41) is 1.25. The van der Waals surface area contributed by atoms with E-state index in [1.54, 1.807) is 13.2 Å². The average molecular weight is 370 g/mol. The lowest BCUT2D eigenvalue weighted by Gasteiger charge is -2.14. The van der Waals surface area contributed by atoms with Crippen LogP contribution in [0, 0.1) is 0 Å². The lowest BCUT2D eigenvalue weighted by molar-refractivity contribution is -0.168. The first-order valence-corrected chi connectivity index (χ1v) is 9.17. The molecule has 0 aliphatic rings. The minimum absolute atomic E-state index is 0.0520. The van der Waals surface area contributed by atoms with E-state index >= 15 is 0 Å². The van der Waals surface area contributed by atoms with Gasteiger partial charge in [0.05, 0.1) is 30.2 Å². The number of carbonyl (C=O) groups is 1. The van der Waals surface area contributed by atoms with E-state index in [4.69, 9.17) is 15.6 Å². The van der Waals surface area contributed by atoms with Gasteiger partial charge in [0.25, 0.3) is 0 Å². The molecule has 0 saturated heterocycles. The third-order valence-electron chi connectivity index (χ3n) is 4.81. The number of hydrogen-bond donors (Lipinski definition) is 1. The van der Waals surface area contributed by atoms with Crippen molar-refractivity contribution in [3.05, 3.63) is 30.4 Å². The normalized spacial score (nSPS) is 12.6. The fraction of sp³-hybridized carbons (Fsp3) is 0.474. The van der Waals surface area contributed by atoms with Crippen LogP contribution in [0.25, 0.3) is 22.1 Å². The van der Waals surface area contributed by atoms with Crippen LogP contribution in [0.1, 0.15) is 37.8 Å². The number of aryl methyl sites for hydroxylation is 1. The topological polar surface area (TPSA) is 99.2 Å². The van der Waals surface area contributed by atoms with Gasteiger partial charge in [0, 0.05) is 32.1 Å². The molecule has 1 unspecified atom stereocenters. The summed E-state index contributed by atoms with van der Waals surface area (Å²) >= 11 is 0. The molecule has 1 amide bonds. The van der Waals surface area contributed by atoms with Crippen LogP contribution in [0.3, 0.4) is 0 Å². The highest BCUT2D eigenvalue weighted by Crippen LogP contribution is 2.29. The van der Waals surface area contributed by atoms with Gasteiger partial charge in [0.2, 0.25) is 5.91 Å². The van der Waals surface area contributed by atoms with Gasteiger partial charge < -0.3 is 10.3 Å². The summed E-state index contributed by atoms with van der Waals surface area (Å²) in [6.07, 6.45) is 5.50. The maximum absolute atomic E-state index is 11.9. The van der Waals surface area contributed by atoms with Crippen molar-refractivity contribution >= 4 is 28.0 Å². The zero-order valence-electron chi connectivity index (χ0n) is 16.1. The summed E-state index contributed by atoms with van der Waals surface area (Å²) in [5.74, 6) is 0.159. The molecule has 0 bridgehead atoms. The molecule has 3 aromatic heterocycles. The molecule has 2 N–H and O–H groups in total. The number of amides is 1. The number of nitrogens with two attached hydrogens (primary N) is 1. The molecule has 0 spiro atoms. The highest BCUT2D eigenvalue weighted by molar-refractivity contribution is 6.00. The predicted octanol–water partition coefficient (Wildman–Crippen LogP) is 2.23. The summed E-state index contributed by atoms with van der Waals surface area (Å²) < 4.78 is 2.06.